The number of hydrogen-bond donors (Lipinski definition) is 0. The number of aliphatic imine (C=N–C) groups is 1. The van der Waals surface area contributed by atoms with E-state index in [0.29, 0.717) is 17.3 Å². The van der Waals surface area contributed by atoms with E-state index in [1.165, 1.54) is 12.1 Å². The molecule has 0 radical (unpaired) electrons. The van der Waals surface area contributed by atoms with E-state index in [1.807, 2.05) is 32.8 Å². The molecule has 0 spiro atoms. The van der Waals surface area contributed by atoms with Gasteiger partial charge in [0.25, 0.3) is 0 Å². The summed E-state index contributed by atoms with van der Waals surface area (Å²) in [6.45, 7) is 4.77. The van der Waals surface area contributed by atoms with Gasteiger partial charge in [-0.25, -0.2) is 19.4 Å². The van der Waals surface area contributed by atoms with Gasteiger partial charge in [0.2, 0.25) is 5.95 Å². The number of aromatic nitrogens is 2. The van der Waals surface area contributed by atoms with Gasteiger partial charge in [-0.05, 0) is 37.6 Å². The number of benzene rings is 1. The molecular formula is C16H20FN5. The number of halogens is 1. The zero-order valence-electron chi connectivity index (χ0n) is 13.3. The molecule has 0 aliphatic rings. The van der Waals surface area contributed by atoms with Crippen LogP contribution in [0.2, 0.25) is 0 Å². The smallest absolute Gasteiger partial charge is 0.229 e. The number of anilines is 2. The van der Waals surface area contributed by atoms with Gasteiger partial charge < -0.3 is 9.80 Å². The first-order valence-electron chi connectivity index (χ1n) is 7.08. The highest BCUT2D eigenvalue weighted by Crippen LogP contribution is 2.32. The Balaban J connectivity index is 2.40. The summed E-state index contributed by atoms with van der Waals surface area (Å²) in [5.41, 5.74) is 2.16. The van der Waals surface area contributed by atoms with Gasteiger partial charge in [0.15, 0.2) is 0 Å². The number of rotatable bonds is 5. The van der Waals surface area contributed by atoms with Gasteiger partial charge in [-0.3, -0.25) is 0 Å². The molecule has 0 amide bonds. The maximum absolute atomic E-state index is 13.9. The SMILES string of the molecule is CCN(C)/C=N/c1cc(F)cc(N(C)c2ncccn2)c1C. The number of hydrogen-bond acceptors (Lipinski definition) is 4. The predicted molar refractivity (Wildman–Crippen MR) is 87.7 cm³/mol. The molecule has 0 bridgehead atoms. The summed E-state index contributed by atoms with van der Waals surface area (Å²) in [6.07, 6.45) is 5.01. The van der Waals surface area contributed by atoms with Crippen LogP contribution in [0.4, 0.5) is 21.7 Å². The molecule has 116 valence electrons. The topological polar surface area (TPSA) is 44.6 Å². The van der Waals surface area contributed by atoms with E-state index in [-0.39, 0.29) is 5.82 Å². The van der Waals surface area contributed by atoms with Crippen molar-refractivity contribution in [2.24, 2.45) is 4.99 Å². The van der Waals surface area contributed by atoms with E-state index in [0.717, 1.165) is 12.1 Å². The number of nitrogens with zero attached hydrogens (tertiary/aromatic N) is 5. The van der Waals surface area contributed by atoms with Gasteiger partial charge >= 0.3 is 0 Å². The Hall–Kier alpha value is -2.50. The summed E-state index contributed by atoms with van der Waals surface area (Å²) < 4.78 is 13.9. The Kier molecular flexibility index (Phi) is 5.04. The summed E-state index contributed by atoms with van der Waals surface area (Å²) in [5, 5.41) is 0. The molecule has 0 aliphatic carbocycles. The molecule has 5 nitrogen and oxygen atoms in total. The molecule has 0 saturated carbocycles. The molecule has 22 heavy (non-hydrogen) atoms. The Morgan fingerprint density at radius 1 is 1.23 bits per heavy atom. The van der Waals surface area contributed by atoms with Crippen LogP contribution in [0.25, 0.3) is 0 Å². The first-order valence-corrected chi connectivity index (χ1v) is 7.08. The molecule has 2 rings (SSSR count). The fourth-order valence-electron chi connectivity index (χ4n) is 1.95. The average Bonchev–Trinajstić information content (AvgIpc) is 2.55. The molecule has 0 N–H and O–H groups in total. The Bertz CT molecular complexity index is 657. The monoisotopic (exact) mass is 301 g/mol. The van der Waals surface area contributed by atoms with Crippen LogP contribution in [0, 0.1) is 12.7 Å². The highest BCUT2D eigenvalue weighted by atomic mass is 19.1. The molecule has 1 aromatic heterocycles. The lowest BCUT2D eigenvalue weighted by Gasteiger charge is -2.20. The van der Waals surface area contributed by atoms with Gasteiger partial charge in [0.05, 0.1) is 17.7 Å². The minimum absolute atomic E-state index is 0.338. The molecule has 0 unspecified atom stereocenters. The van der Waals surface area contributed by atoms with E-state index in [2.05, 4.69) is 15.0 Å². The standard InChI is InChI=1S/C16H20FN5/c1-5-21(3)11-20-14-9-13(17)10-15(12(14)2)22(4)16-18-7-6-8-19-16/h6-11H,5H2,1-4H3/b20-11+. The van der Waals surface area contributed by atoms with Crippen LogP contribution in [0.15, 0.2) is 35.6 Å². The van der Waals surface area contributed by atoms with Crippen LogP contribution < -0.4 is 4.90 Å². The van der Waals surface area contributed by atoms with Gasteiger partial charge in [0, 0.05) is 33.0 Å². The van der Waals surface area contributed by atoms with Gasteiger partial charge in [-0.15, -0.1) is 0 Å². The summed E-state index contributed by atoms with van der Waals surface area (Å²) >= 11 is 0. The zero-order chi connectivity index (χ0) is 16.1. The van der Waals surface area contributed by atoms with Crippen molar-refractivity contribution in [3.63, 3.8) is 0 Å². The van der Waals surface area contributed by atoms with Crippen molar-refractivity contribution in [1.82, 2.24) is 14.9 Å². The lowest BCUT2D eigenvalue weighted by atomic mass is 10.1. The maximum Gasteiger partial charge on any atom is 0.229 e. The highest BCUT2D eigenvalue weighted by Gasteiger charge is 2.13. The summed E-state index contributed by atoms with van der Waals surface area (Å²) in [4.78, 5) is 16.4. The minimum Gasteiger partial charge on any atom is -0.366 e. The Labute approximate surface area is 130 Å². The van der Waals surface area contributed by atoms with Gasteiger partial charge in [0.1, 0.15) is 5.82 Å². The first kappa shape index (κ1) is 15.9. The molecule has 0 saturated heterocycles. The van der Waals surface area contributed by atoms with Gasteiger partial charge in [-0.1, -0.05) is 0 Å². The molecule has 6 heteroatoms. The summed E-state index contributed by atoms with van der Waals surface area (Å²) in [7, 11) is 3.73. The van der Waals surface area contributed by atoms with Crippen LogP contribution in [-0.4, -0.2) is 41.8 Å². The van der Waals surface area contributed by atoms with E-state index < -0.39 is 0 Å². The third-order valence-electron chi connectivity index (χ3n) is 3.42. The second-order valence-electron chi connectivity index (χ2n) is 4.99. The molecule has 0 aliphatic heterocycles. The normalized spacial score (nSPS) is 11.0. The predicted octanol–water partition coefficient (Wildman–Crippen LogP) is 3.30. The quantitative estimate of drug-likeness (QED) is 0.628. The van der Waals surface area contributed by atoms with Crippen LogP contribution in [0.5, 0.6) is 0 Å². The lowest BCUT2D eigenvalue weighted by molar-refractivity contribution is 0.552. The average molecular weight is 301 g/mol. The molecule has 1 heterocycles. The van der Waals surface area contributed by atoms with E-state index in [9.17, 15) is 4.39 Å². The fourth-order valence-corrected chi connectivity index (χ4v) is 1.95. The third-order valence-corrected chi connectivity index (χ3v) is 3.42. The molecule has 0 atom stereocenters. The second-order valence-corrected chi connectivity index (χ2v) is 4.99. The van der Waals surface area contributed by atoms with Crippen molar-refractivity contribution < 1.29 is 4.39 Å². The van der Waals surface area contributed by atoms with Crippen molar-refractivity contribution in [3.05, 3.63) is 42.0 Å². The third kappa shape index (κ3) is 3.58. The fraction of sp³-hybridized carbons (Fsp3) is 0.312. The van der Waals surface area contributed by atoms with Crippen LogP contribution >= 0.6 is 0 Å². The second kappa shape index (κ2) is 6.98. The molecule has 0 fully saturated rings. The van der Waals surface area contributed by atoms with Crippen LogP contribution in [0.1, 0.15) is 12.5 Å². The summed E-state index contributed by atoms with van der Waals surface area (Å²) in [5.74, 6) is 0.173. The van der Waals surface area contributed by atoms with Crippen molar-refractivity contribution in [2.75, 3.05) is 25.5 Å². The highest BCUT2D eigenvalue weighted by molar-refractivity contribution is 5.71. The van der Waals surface area contributed by atoms with Crippen LogP contribution in [0.3, 0.4) is 0 Å². The van der Waals surface area contributed by atoms with E-state index >= 15 is 0 Å². The van der Waals surface area contributed by atoms with Crippen molar-refractivity contribution >= 4 is 23.7 Å². The van der Waals surface area contributed by atoms with Gasteiger partial charge in [-0.2, -0.15) is 0 Å². The Morgan fingerprint density at radius 3 is 2.55 bits per heavy atom. The largest absolute Gasteiger partial charge is 0.366 e. The van der Waals surface area contributed by atoms with Crippen LogP contribution in [-0.2, 0) is 0 Å². The Morgan fingerprint density at radius 2 is 1.91 bits per heavy atom. The van der Waals surface area contributed by atoms with Crippen molar-refractivity contribution in [1.29, 1.82) is 0 Å². The maximum atomic E-state index is 13.9. The molecule has 1 aromatic carbocycles. The lowest BCUT2D eigenvalue weighted by Crippen LogP contribution is -2.15. The zero-order valence-corrected chi connectivity index (χ0v) is 13.3. The minimum atomic E-state index is -0.338. The van der Waals surface area contributed by atoms with E-state index in [1.54, 1.807) is 29.7 Å². The van der Waals surface area contributed by atoms with Crippen molar-refractivity contribution in [2.45, 2.75) is 13.8 Å². The van der Waals surface area contributed by atoms with Crippen molar-refractivity contribution in [3.8, 4) is 0 Å². The summed E-state index contributed by atoms with van der Waals surface area (Å²) in [6, 6.07) is 4.64. The van der Waals surface area contributed by atoms with E-state index in [4.69, 9.17) is 0 Å². The first-order chi connectivity index (χ1) is 10.5. The molecule has 2 aromatic rings. The molecular weight excluding hydrogens is 281 g/mol.